The highest BCUT2D eigenvalue weighted by atomic mass is 79.9. The molecule has 2 aromatic rings. The number of nitrogens with zero attached hydrogens (tertiary/aromatic N) is 2. The largest absolute Gasteiger partial charge is 0.388 e. The van der Waals surface area contributed by atoms with Crippen LogP contribution in [-0.2, 0) is 13.5 Å². The molecular formula is C14H16BrClN2O. The van der Waals surface area contributed by atoms with Gasteiger partial charge in [0.25, 0.3) is 0 Å². The zero-order chi connectivity index (χ0) is 14.2. The predicted molar refractivity (Wildman–Crippen MR) is 80.5 cm³/mol. The summed E-state index contributed by atoms with van der Waals surface area (Å²) < 4.78 is 2.73. The third-order valence-corrected chi connectivity index (χ3v) is 4.67. The van der Waals surface area contributed by atoms with Crippen LogP contribution in [0.4, 0.5) is 0 Å². The van der Waals surface area contributed by atoms with Crippen LogP contribution >= 0.6 is 27.5 Å². The lowest BCUT2D eigenvalue weighted by molar-refractivity contribution is 0.175. The first-order chi connectivity index (χ1) is 8.91. The van der Waals surface area contributed by atoms with Gasteiger partial charge in [0, 0.05) is 17.9 Å². The summed E-state index contributed by atoms with van der Waals surface area (Å²) in [7, 11) is 1.84. The molecule has 3 nitrogen and oxygen atoms in total. The lowest BCUT2D eigenvalue weighted by Gasteiger charge is -2.15. The lowest BCUT2D eigenvalue weighted by Crippen LogP contribution is -2.08. The molecule has 102 valence electrons. The molecule has 0 aliphatic heterocycles. The highest BCUT2D eigenvalue weighted by molar-refractivity contribution is 9.10. The van der Waals surface area contributed by atoms with Crippen LogP contribution in [0.25, 0.3) is 0 Å². The van der Waals surface area contributed by atoms with Gasteiger partial charge in [0.05, 0.1) is 22.5 Å². The summed E-state index contributed by atoms with van der Waals surface area (Å²) in [5.41, 5.74) is 3.60. The fourth-order valence-corrected chi connectivity index (χ4v) is 2.80. The minimum atomic E-state index is -0.593. The summed E-state index contributed by atoms with van der Waals surface area (Å²) in [6, 6.07) is 5.82. The van der Waals surface area contributed by atoms with Gasteiger partial charge in [-0.3, -0.25) is 4.68 Å². The van der Waals surface area contributed by atoms with Crippen molar-refractivity contribution in [2.75, 3.05) is 0 Å². The van der Waals surface area contributed by atoms with Crippen LogP contribution in [0.1, 0.15) is 28.6 Å². The monoisotopic (exact) mass is 342 g/mol. The Bertz CT molecular complexity index is 610. The summed E-state index contributed by atoms with van der Waals surface area (Å²) in [6.07, 6.45) is -0.141. The van der Waals surface area contributed by atoms with Gasteiger partial charge in [-0.05, 0) is 31.0 Å². The summed E-state index contributed by atoms with van der Waals surface area (Å²) in [5, 5.41) is 15.3. The molecule has 0 saturated carbocycles. The van der Waals surface area contributed by atoms with E-state index in [4.69, 9.17) is 11.6 Å². The van der Waals surface area contributed by atoms with Crippen LogP contribution in [0, 0.1) is 13.8 Å². The minimum absolute atomic E-state index is 0.452. The second-order valence-corrected chi connectivity index (χ2v) is 5.88. The van der Waals surface area contributed by atoms with Crippen molar-refractivity contribution in [3.63, 3.8) is 0 Å². The first kappa shape index (κ1) is 14.6. The summed E-state index contributed by atoms with van der Waals surface area (Å²) in [5.74, 6) is 0. The number of aliphatic hydroxyl groups is 1. The molecule has 1 N–H and O–H groups in total. The van der Waals surface area contributed by atoms with Crippen LogP contribution in [-0.4, -0.2) is 14.9 Å². The molecule has 2 rings (SSSR count). The molecule has 1 aromatic heterocycles. The van der Waals surface area contributed by atoms with Crippen molar-refractivity contribution in [1.82, 2.24) is 9.78 Å². The second-order valence-electron chi connectivity index (χ2n) is 4.64. The fraction of sp³-hybridized carbons (Fsp3) is 0.357. The maximum absolute atomic E-state index is 10.4. The Balaban J connectivity index is 2.31. The van der Waals surface area contributed by atoms with Gasteiger partial charge in [0.1, 0.15) is 0 Å². The van der Waals surface area contributed by atoms with Crippen molar-refractivity contribution >= 4 is 27.5 Å². The van der Waals surface area contributed by atoms with E-state index in [1.54, 1.807) is 4.68 Å². The molecule has 0 aliphatic carbocycles. The molecule has 0 spiro atoms. The van der Waals surface area contributed by atoms with Gasteiger partial charge >= 0.3 is 0 Å². The van der Waals surface area contributed by atoms with Crippen LogP contribution in [0.5, 0.6) is 0 Å². The standard InChI is InChI=1S/C14H16BrClN2O/c1-8-10(5-4-6-11(8)15)13(19)7-12-14(16)9(2)17-18(12)3/h4-6,13,19H,7H2,1-3H3. The number of halogens is 2. The molecule has 19 heavy (non-hydrogen) atoms. The Morgan fingerprint density at radius 1 is 1.42 bits per heavy atom. The van der Waals surface area contributed by atoms with Crippen LogP contribution in [0.3, 0.4) is 0 Å². The normalized spacial score (nSPS) is 12.7. The molecule has 0 fully saturated rings. The van der Waals surface area contributed by atoms with Crippen molar-refractivity contribution in [2.45, 2.75) is 26.4 Å². The number of hydrogen-bond donors (Lipinski definition) is 1. The molecule has 1 atom stereocenters. The quantitative estimate of drug-likeness (QED) is 0.922. The smallest absolute Gasteiger partial charge is 0.0848 e. The molecule has 1 heterocycles. The molecule has 0 radical (unpaired) electrons. The molecule has 5 heteroatoms. The van der Waals surface area contributed by atoms with Crippen LogP contribution < -0.4 is 0 Å². The molecule has 1 aromatic carbocycles. The van der Waals surface area contributed by atoms with Gasteiger partial charge in [-0.1, -0.05) is 39.7 Å². The highest BCUT2D eigenvalue weighted by Crippen LogP contribution is 2.29. The second kappa shape index (κ2) is 5.65. The Hall–Kier alpha value is -0.840. The average molecular weight is 344 g/mol. The maximum atomic E-state index is 10.4. The van der Waals surface area contributed by atoms with E-state index in [2.05, 4.69) is 21.0 Å². The molecule has 0 amide bonds. The first-order valence-corrected chi connectivity index (χ1v) is 7.20. The van der Waals surface area contributed by atoms with Crippen molar-refractivity contribution < 1.29 is 5.11 Å². The Labute approximate surface area is 126 Å². The summed E-state index contributed by atoms with van der Waals surface area (Å²) in [4.78, 5) is 0. The lowest BCUT2D eigenvalue weighted by atomic mass is 10.00. The number of aromatic nitrogens is 2. The van der Waals surface area contributed by atoms with E-state index in [-0.39, 0.29) is 0 Å². The van der Waals surface area contributed by atoms with E-state index >= 15 is 0 Å². The van der Waals surface area contributed by atoms with Crippen molar-refractivity contribution in [2.24, 2.45) is 7.05 Å². The first-order valence-electron chi connectivity index (χ1n) is 6.03. The molecule has 0 saturated heterocycles. The van der Waals surface area contributed by atoms with E-state index in [0.717, 1.165) is 27.0 Å². The summed E-state index contributed by atoms with van der Waals surface area (Å²) >= 11 is 9.69. The van der Waals surface area contributed by atoms with Crippen molar-refractivity contribution in [1.29, 1.82) is 0 Å². The maximum Gasteiger partial charge on any atom is 0.0848 e. The zero-order valence-corrected chi connectivity index (χ0v) is 13.5. The number of hydrogen-bond acceptors (Lipinski definition) is 2. The Kier molecular flexibility index (Phi) is 4.33. The number of rotatable bonds is 3. The fourth-order valence-electron chi connectivity index (χ4n) is 2.18. The van der Waals surface area contributed by atoms with Gasteiger partial charge in [-0.25, -0.2) is 0 Å². The molecule has 0 aliphatic rings. The summed E-state index contributed by atoms with van der Waals surface area (Å²) in [6.45, 7) is 3.85. The highest BCUT2D eigenvalue weighted by Gasteiger charge is 2.18. The molecule has 0 bridgehead atoms. The minimum Gasteiger partial charge on any atom is -0.388 e. The van der Waals surface area contributed by atoms with E-state index in [1.807, 2.05) is 39.1 Å². The van der Waals surface area contributed by atoms with E-state index in [1.165, 1.54) is 0 Å². The van der Waals surface area contributed by atoms with E-state index < -0.39 is 6.10 Å². The zero-order valence-electron chi connectivity index (χ0n) is 11.1. The topological polar surface area (TPSA) is 38.0 Å². The van der Waals surface area contributed by atoms with Crippen molar-refractivity contribution in [3.8, 4) is 0 Å². The van der Waals surface area contributed by atoms with Gasteiger partial charge < -0.3 is 5.11 Å². The molecule has 1 unspecified atom stereocenters. The van der Waals surface area contributed by atoms with Gasteiger partial charge in [0.2, 0.25) is 0 Å². The Morgan fingerprint density at radius 2 is 2.11 bits per heavy atom. The van der Waals surface area contributed by atoms with Crippen LogP contribution in [0.15, 0.2) is 22.7 Å². The van der Waals surface area contributed by atoms with E-state index in [9.17, 15) is 5.11 Å². The van der Waals surface area contributed by atoms with Crippen LogP contribution in [0.2, 0.25) is 5.02 Å². The number of aliphatic hydroxyl groups excluding tert-OH is 1. The SMILES string of the molecule is Cc1nn(C)c(CC(O)c2cccc(Br)c2C)c1Cl. The van der Waals surface area contributed by atoms with Crippen molar-refractivity contribution in [3.05, 3.63) is 50.2 Å². The van der Waals surface area contributed by atoms with Gasteiger partial charge in [-0.15, -0.1) is 0 Å². The number of benzene rings is 1. The number of aryl methyl sites for hydroxylation is 2. The predicted octanol–water partition coefficient (Wildman–Crippen LogP) is 3.73. The average Bonchev–Trinajstić information content (AvgIpc) is 2.59. The molecular weight excluding hydrogens is 328 g/mol. The van der Waals surface area contributed by atoms with Gasteiger partial charge in [-0.2, -0.15) is 5.10 Å². The van der Waals surface area contributed by atoms with E-state index in [0.29, 0.717) is 11.4 Å². The Morgan fingerprint density at radius 3 is 2.68 bits per heavy atom. The third-order valence-electron chi connectivity index (χ3n) is 3.32. The third kappa shape index (κ3) is 2.86. The van der Waals surface area contributed by atoms with Gasteiger partial charge in [0.15, 0.2) is 0 Å².